The third-order valence-corrected chi connectivity index (χ3v) is 3.46. The number of hydrogen-bond acceptors (Lipinski definition) is 3. The van der Waals surface area contributed by atoms with E-state index in [4.69, 9.17) is 16.3 Å². The molecule has 0 fully saturated rings. The zero-order valence-corrected chi connectivity index (χ0v) is 12.7. The number of ether oxygens (including phenoxy) is 1. The summed E-state index contributed by atoms with van der Waals surface area (Å²) in [6.45, 7) is 1.81. The van der Waals surface area contributed by atoms with Crippen LogP contribution in [0.15, 0.2) is 42.5 Å². The molecule has 0 saturated carbocycles. The van der Waals surface area contributed by atoms with Gasteiger partial charge in [-0.05, 0) is 48.9 Å². The minimum atomic E-state index is -0.224. The van der Waals surface area contributed by atoms with Crippen LogP contribution in [0, 0.1) is 6.92 Å². The van der Waals surface area contributed by atoms with E-state index in [0.717, 1.165) is 11.3 Å². The van der Waals surface area contributed by atoms with Gasteiger partial charge in [0.2, 0.25) is 0 Å². The van der Waals surface area contributed by atoms with Crippen LogP contribution in [0.2, 0.25) is 5.02 Å². The molecule has 0 heterocycles. The first-order valence-electron chi connectivity index (χ1n) is 6.55. The first kappa shape index (κ1) is 15.2. The van der Waals surface area contributed by atoms with Crippen molar-refractivity contribution >= 4 is 28.9 Å². The van der Waals surface area contributed by atoms with E-state index in [9.17, 15) is 4.79 Å². The molecular formula is C16H17ClN2O2. The highest BCUT2D eigenvalue weighted by molar-refractivity contribution is 6.31. The molecule has 0 aliphatic rings. The van der Waals surface area contributed by atoms with Gasteiger partial charge >= 0.3 is 0 Å². The van der Waals surface area contributed by atoms with Crippen LogP contribution in [0.5, 0.6) is 5.75 Å². The largest absolute Gasteiger partial charge is 0.484 e. The molecule has 4 nitrogen and oxygen atoms in total. The fourth-order valence-electron chi connectivity index (χ4n) is 1.80. The van der Waals surface area contributed by atoms with Crippen LogP contribution in [0.25, 0.3) is 0 Å². The van der Waals surface area contributed by atoms with Gasteiger partial charge in [-0.2, -0.15) is 0 Å². The summed E-state index contributed by atoms with van der Waals surface area (Å²) in [6, 6.07) is 12.8. The van der Waals surface area contributed by atoms with Crippen LogP contribution >= 0.6 is 11.6 Å². The highest BCUT2D eigenvalue weighted by Crippen LogP contribution is 2.23. The molecule has 2 rings (SSSR count). The average Bonchev–Trinajstić information content (AvgIpc) is 2.50. The summed E-state index contributed by atoms with van der Waals surface area (Å²) < 4.78 is 5.44. The minimum absolute atomic E-state index is 0.0507. The Morgan fingerprint density at radius 2 is 1.90 bits per heavy atom. The standard InChI is InChI=1S/C16H17ClN2O2/c1-11-14(17)4-3-5-15(11)19-16(20)10-21-13-8-6-12(18-2)7-9-13/h3-9,18H,10H2,1-2H3,(H,19,20). The number of hydrogen-bond donors (Lipinski definition) is 2. The topological polar surface area (TPSA) is 50.4 Å². The van der Waals surface area contributed by atoms with Gasteiger partial charge in [0.05, 0.1) is 0 Å². The Balaban J connectivity index is 1.91. The number of benzene rings is 2. The molecule has 0 atom stereocenters. The van der Waals surface area contributed by atoms with E-state index in [1.807, 2.05) is 38.2 Å². The molecule has 2 aromatic carbocycles. The van der Waals surface area contributed by atoms with Crippen molar-refractivity contribution in [2.24, 2.45) is 0 Å². The molecule has 5 heteroatoms. The maximum absolute atomic E-state index is 11.9. The van der Waals surface area contributed by atoms with Gasteiger partial charge in [-0.3, -0.25) is 4.79 Å². The molecule has 0 aliphatic heterocycles. The Hall–Kier alpha value is -2.20. The van der Waals surface area contributed by atoms with Crippen molar-refractivity contribution in [3.8, 4) is 5.75 Å². The fraction of sp³-hybridized carbons (Fsp3) is 0.188. The molecule has 0 spiro atoms. The second-order valence-electron chi connectivity index (χ2n) is 4.52. The first-order valence-corrected chi connectivity index (χ1v) is 6.93. The lowest BCUT2D eigenvalue weighted by Gasteiger charge is -2.10. The Labute approximate surface area is 129 Å². The monoisotopic (exact) mass is 304 g/mol. The number of halogens is 1. The predicted octanol–water partition coefficient (Wildman–Crippen LogP) is 3.71. The van der Waals surface area contributed by atoms with Crippen molar-refractivity contribution in [1.29, 1.82) is 0 Å². The van der Waals surface area contributed by atoms with Crippen LogP contribution in [-0.2, 0) is 4.79 Å². The second-order valence-corrected chi connectivity index (χ2v) is 4.93. The van der Waals surface area contributed by atoms with E-state index >= 15 is 0 Å². The van der Waals surface area contributed by atoms with Crippen molar-refractivity contribution < 1.29 is 9.53 Å². The molecule has 0 bridgehead atoms. The normalized spacial score (nSPS) is 10.0. The Morgan fingerprint density at radius 3 is 2.57 bits per heavy atom. The van der Waals surface area contributed by atoms with Crippen LogP contribution in [0.1, 0.15) is 5.56 Å². The second kappa shape index (κ2) is 6.99. The minimum Gasteiger partial charge on any atom is -0.484 e. The average molecular weight is 305 g/mol. The van der Waals surface area contributed by atoms with Gasteiger partial charge in [0.1, 0.15) is 5.75 Å². The van der Waals surface area contributed by atoms with Crippen LogP contribution < -0.4 is 15.4 Å². The Kier molecular flexibility index (Phi) is 5.06. The SMILES string of the molecule is CNc1ccc(OCC(=O)Nc2cccc(Cl)c2C)cc1. The van der Waals surface area contributed by atoms with Crippen molar-refractivity contribution in [1.82, 2.24) is 0 Å². The molecule has 1 amide bonds. The predicted molar refractivity (Wildman–Crippen MR) is 86.3 cm³/mol. The van der Waals surface area contributed by atoms with Gasteiger partial charge in [-0.15, -0.1) is 0 Å². The highest BCUT2D eigenvalue weighted by atomic mass is 35.5. The Morgan fingerprint density at radius 1 is 1.19 bits per heavy atom. The molecule has 21 heavy (non-hydrogen) atoms. The molecule has 0 aromatic heterocycles. The maximum atomic E-state index is 11.9. The van der Waals surface area contributed by atoms with E-state index < -0.39 is 0 Å². The smallest absolute Gasteiger partial charge is 0.262 e. The summed E-state index contributed by atoms with van der Waals surface area (Å²) in [6.07, 6.45) is 0. The molecule has 0 radical (unpaired) electrons. The van der Waals surface area contributed by atoms with E-state index in [1.54, 1.807) is 18.2 Å². The van der Waals surface area contributed by atoms with Crippen molar-refractivity contribution in [3.05, 3.63) is 53.1 Å². The van der Waals surface area contributed by atoms with Crippen molar-refractivity contribution in [3.63, 3.8) is 0 Å². The zero-order valence-electron chi connectivity index (χ0n) is 11.9. The summed E-state index contributed by atoms with van der Waals surface area (Å²) in [5.41, 5.74) is 2.52. The van der Waals surface area contributed by atoms with Gasteiger partial charge in [0, 0.05) is 23.4 Å². The van der Waals surface area contributed by atoms with E-state index in [1.165, 1.54) is 0 Å². The van der Waals surface area contributed by atoms with E-state index in [2.05, 4.69) is 10.6 Å². The number of carbonyl (C=O) groups excluding carboxylic acids is 1. The summed E-state index contributed by atoms with van der Waals surface area (Å²) in [5.74, 6) is 0.421. The molecule has 0 unspecified atom stereocenters. The van der Waals surface area contributed by atoms with Crippen LogP contribution in [-0.4, -0.2) is 19.6 Å². The quantitative estimate of drug-likeness (QED) is 0.885. The Bertz CT molecular complexity index is 627. The summed E-state index contributed by atoms with van der Waals surface area (Å²) in [5, 5.41) is 6.42. The molecule has 0 aliphatic carbocycles. The van der Waals surface area contributed by atoms with Gasteiger partial charge in [-0.25, -0.2) is 0 Å². The lowest BCUT2D eigenvalue weighted by atomic mass is 10.2. The lowest BCUT2D eigenvalue weighted by molar-refractivity contribution is -0.118. The fourth-order valence-corrected chi connectivity index (χ4v) is 1.97. The number of rotatable bonds is 5. The molecular weight excluding hydrogens is 288 g/mol. The zero-order chi connectivity index (χ0) is 15.2. The molecule has 110 valence electrons. The number of amides is 1. The summed E-state index contributed by atoms with van der Waals surface area (Å²) in [4.78, 5) is 11.9. The summed E-state index contributed by atoms with van der Waals surface area (Å²) >= 11 is 6.01. The molecule has 2 aromatic rings. The van der Waals surface area contributed by atoms with E-state index in [-0.39, 0.29) is 12.5 Å². The van der Waals surface area contributed by atoms with Gasteiger partial charge in [0.25, 0.3) is 5.91 Å². The number of nitrogens with one attached hydrogen (secondary N) is 2. The summed E-state index contributed by atoms with van der Waals surface area (Å²) in [7, 11) is 1.84. The molecule has 2 N–H and O–H groups in total. The van der Waals surface area contributed by atoms with Gasteiger partial charge < -0.3 is 15.4 Å². The first-order chi connectivity index (χ1) is 10.1. The third kappa shape index (κ3) is 4.13. The molecule has 0 saturated heterocycles. The van der Waals surface area contributed by atoms with E-state index in [0.29, 0.717) is 16.5 Å². The highest BCUT2D eigenvalue weighted by Gasteiger charge is 2.07. The van der Waals surface area contributed by atoms with Crippen molar-refractivity contribution in [2.75, 3.05) is 24.3 Å². The van der Waals surface area contributed by atoms with Crippen molar-refractivity contribution in [2.45, 2.75) is 6.92 Å². The maximum Gasteiger partial charge on any atom is 0.262 e. The van der Waals surface area contributed by atoms with Gasteiger partial charge in [0.15, 0.2) is 6.61 Å². The van der Waals surface area contributed by atoms with Crippen LogP contribution in [0.4, 0.5) is 11.4 Å². The number of anilines is 2. The lowest BCUT2D eigenvalue weighted by Crippen LogP contribution is -2.20. The van der Waals surface area contributed by atoms with Gasteiger partial charge in [-0.1, -0.05) is 17.7 Å². The number of carbonyl (C=O) groups is 1. The third-order valence-electron chi connectivity index (χ3n) is 3.05. The van der Waals surface area contributed by atoms with Crippen LogP contribution in [0.3, 0.4) is 0 Å².